The van der Waals surface area contributed by atoms with Gasteiger partial charge < -0.3 is 20.7 Å². The second kappa shape index (κ2) is 6.51. The number of carbonyl (C=O) groups excluding carboxylic acids is 1. The molecule has 0 radical (unpaired) electrons. The second-order valence-electron chi connectivity index (χ2n) is 3.26. The molecule has 0 saturated heterocycles. The van der Waals surface area contributed by atoms with Gasteiger partial charge in [-0.15, -0.1) is 0 Å². The number of methoxy groups -OCH3 is 1. The van der Waals surface area contributed by atoms with Crippen LogP contribution < -0.4 is 20.7 Å². The first-order chi connectivity index (χ1) is 8.19. The van der Waals surface area contributed by atoms with E-state index >= 15 is 0 Å². The van der Waals surface area contributed by atoms with Gasteiger partial charge in [-0.05, 0) is 0 Å². The van der Waals surface area contributed by atoms with Gasteiger partial charge in [0, 0.05) is 27.1 Å². The summed E-state index contributed by atoms with van der Waals surface area (Å²) in [7, 11) is 3.31. The maximum atomic E-state index is 10.7. The van der Waals surface area contributed by atoms with E-state index in [1.54, 1.807) is 14.2 Å². The Morgan fingerprint density at radius 1 is 1.35 bits per heavy atom. The first-order valence-corrected chi connectivity index (χ1v) is 5.24. The number of amides is 1. The predicted octanol–water partition coefficient (Wildman–Crippen LogP) is 0.0749. The molecule has 0 bridgehead atoms. The van der Waals surface area contributed by atoms with Crippen molar-refractivity contribution in [1.29, 1.82) is 0 Å². The van der Waals surface area contributed by atoms with Crippen molar-refractivity contribution in [2.75, 3.05) is 37.9 Å². The average Bonchev–Trinajstić information content (AvgIpc) is 2.33. The molecule has 1 aromatic heterocycles. The molecule has 0 atom stereocenters. The van der Waals surface area contributed by atoms with Crippen molar-refractivity contribution in [2.24, 2.45) is 0 Å². The molecule has 1 amide bonds. The molecule has 0 fully saturated rings. The van der Waals surface area contributed by atoms with Crippen LogP contribution in [0.15, 0.2) is 6.33 Å². The van der Waals surface area contributed by atoms with Gasteiger partial charge in [-0.25, -0.2) is 9.97 Å². The first kappa shape index (κ1) is 13.0. The summed E-state index contributed by atoms with van der Waals surface area (Å²) >= 11 is 0. The number of anilines is 2. The van der Waals surface area contributed by atoms with E-state index in [4.69, 9.17) is 4.74 Å². The van der Waals surface area contributed by atoms with Gasteiger partial charge in [-0.3, -0.25) is 4.79 Å². The summed E-state index contributed by atoms with van der Waals surface area (Å²) in [4.78, 5) is 18.8. The Morgan fingerprint density at radius 3 is 2.65 bits per heavy atom. The third-order valence-corrected chi connectivity index (χ3v) is 2.04. The topological polar surface area (TPSA) is 88.2 Å². The maximum Gasteiger partial charge on any atom is 0.216 e. The monoisotopic (exact) mass is 239 g/mol. The molecule has 0 aliphatic rings. The Kier molecular flexibility index (Phi) is 4.99. The number of rotatable bonds is 6. The van der Waals surface area contributed by atoms with Gasteiger partial charge in [0.25, 0.3) is 0 Å². The van der Waals surface area contributed by atoms with Gasteiger partial charge in [0.2, 0.25) is 11.7 Å². The highest BCUT2D eigenvalue weighted by Crippen LogP contribution is 2.27. The fourth-order valence-corrected chi connectivity index (χ4v) is 1.29. The third kappa shape index (κ3) is 3.78. The lowest BCUT2D eigenvalue weighted by molar-refractivity contribution is -0.118. The molecule has 17 heavy (non-hydrogen) atoms. The lowest BCUT2D eigenvalue weighted by Gasteiger charge is -2.12. The lowest BCUT2D eigenvalue weighted by Crippen LogP contribution is -2.26. The number of carbonyl (C=O) groups is 1. The molecule has 0 aromatic carbocycles. The summed E-state index contributed by atoms with van der Waals surface area (Å²) in [6, 6.07) is 0. The van der Waals surface area contributed by atoms with Crippen molar-refractivity contribution >= 4 is 17.5 Å². The molecule has 3 N–H and O–H groups in total. The highest BCUT2D eigenvalue weighted by atomic mass is 16.5. The van der Waals surface area contributed by atoms with Crippen LogP contribution in [-0.2, 0) is 4.79 Å². The summed E-state index contributed by atoms with van der Waals surface area (Å²) in [6.45, 7) is 2.57. The largest absolute Gasteiger partial charge is 0.490 e. The number of hydrogen-bond acceptors (Lipinski definition) is 6. The molecule has 0 saturated carbocycles. The minimum Gasteiger partial charge on any atom is -0.490 e. The van der Waals surface area contributed by atoms with Crippen molar-refractivity contribution in [1.82, 2.24) is 15.3 Å². The number of ether oxygens (including phenoxy) is 1. The molecular formula is C10H17N5O2. The summed E-state index contributed by atoms with van der Waals surface area (Å²) in [5.74, 6) is 1.71. The van der Waals surface area contributed by atoms with E-state index in [0.717, 1.165) is 0 Å². The van der Waals surface area contributed by atoms with Gasteiger partial charge in [-0.1, -0.05) is 0 Å². The normalized spacial score (nSPS) is 9.59. The fourth-order valence-electron chi connectivity index (χ4n) is 1.29. The van der Waals surface area contributed by atoms with Crippen LogP contribution in [-0.4, -0.2) is 43.1 Å². The van der Waals surface area contributed by atoms with Gasteiger partial charge in [0.05, 0.1) is 7.11 Å². The van der Waals surface area contributed by atoms with Crippen molar-refractivity contribution in [2.45, 2.75) is 6.92 Å². The molecular weight excluding hydrogens is 222 g/mol. The van der Waals surface area contributed by atoms with E-state index in [1.807, 2.05) is 0 Å². The molecule has 1 rings (SSSR count). The first-order valence-electron chi connectivity index (χ1n) is 5.24. The lowest BCUT2D eigenvalue weighted by atomic mass is 10.4. The highest BCUT2D eigenvalue weighted by molar-refractivity contribution is 5.72. The predicted molar refractivity (Wildman–Crippen MR) is 65.3 cm³/mol. The number of hydrogen-bond donors (Lipinski definition) is 3. The molecule has 0 spiro atoms. The molecule has 7 heteroatoms. The van der Waals surface area contributed by atoms with E-state index < -0.39 is 0 Å². The highest BCUT2D eigenvalue weighted by Gasteiger charge is 2.09. The fraction of sp³-hybridized carbons (Fsp3) is 0.500. The van der Waals surface area contributed by atoms with Gasteiger partial charge in [-0.2, -0.15) is 0 Å². The van der Waals surface area contributed by atoms with Crippen molar-refractivity contribution in [3.63, 3.8) is 0 Å². The van der Waals surface area contributed by atoms with Crippen molar-refractivity contribution in [3.8, 4) is 5.75 Å². The van der Waals surface area contributed by atoms with E-state index in [2.05, 4.69) is 25.9 Å². The molecule has 0 unspecified atom stereocenters. The third-order valence-electron chi connectivity index (χ3n) is 2.04. The quantitative estimate of drug-likeness (QED) is 0.609. The Morgan fingerprint density at radius 2 is 2.06 bits per heavy atom. The Balaban J connectivity index is 2.60. The smallest absolute Gasteiger partial charge is 0.216 e. The van der Waals surface area contributed by atoms with Crippen LogP contribution in [0.3, 0.4) is 0 Å². The van der Waals surface area contributed by atoms with E-state index in [-0.39, 0.29) is 5.91 Å². The summed E-state index contributed by atoms with van der Waals surface area (Å²) in [5, 5.41) is 8.65. The molecule has 1 aromatic rings. The average molecular weight is 239 g/mol. The molecule has 94 valence electrons. The van der Waals surface area contributed by atoms with Crippen LogP contribution in [0.25, 0.3) is 0 Å². The molecule has 1 heterocycles. The zero-order valence-corrected chi connectivity index (χ0v) is 10.2. The Bertz CT molecular complexity index is 383. The molecule has 7 nitrogen and oxygen atoms in total. The Hall–Kier alpha value is -2.05. The number of nitrogens with one attached hydrogen (secondary N) is 3. The van der Waals surface area contributed by atoms with E-state index in [9.17, 15) is 4.79 Å². The molecule has 0 aliphatic heterocycles. The standard InChI is InChI=1S/C10H17N5O2/c1-7(16)12-4-5-13-10-8(17-3)9(11-2)14-6-15-10/h6H,4-5H2,1-3H3,(H,12,16)(H2,11,13,14,15). The van der Waals surface area contributed by atoms with Crippen molar-refractivity contribution in [3.05, 3.63) is 6.33 Å². The summed E-state index contributed by atoms with van der Waals surface area (Å²) in [5.41, 5.74) is 0. The summed E-state index contributed by atoms with van der Waals surface area (Å²) < 4.78 is 5.21. The number of nitrogens with zero attached hydrogens (tertiary/aromatic N) is 2. The zero-order valence-electron chi connectivity index (χ0n) is 10.2. The van der Waals surface area contributed by atoms with Gasteiger partial charge in [0.15, 0.2) is 11.6 Å². The minimum absolute atomic E-state index is 0.0580. The van der Waals surface area contributed by atoms with Crippen LogP contribution >= 0.6 is 0 Å². The maximum absolute atomic E-state index is 10.7. The Labute approximate surface area is 100.0 Å². The zero-order chi connectivity index (χ0) is 12.7. The van der Waals surface area contributed by atoms with E-state index in [1.165, 1.54) is 13.3 Å². The van der Waals surface area contributed by atoms with Gasteiger partial charge in [0.1, 0.15) is 6.33 Å². The SMILES string of the molecule is CNc1ncnc(NCCNC(C)=O)c1OC. The van der Waals surface area contributed by atoms with Crippen LogP contribution in [0.4, 0.5) is 11.6 Å². The summed E-state index contributed by atoms with van der Waals surface area (Å²) in [6.07, 6.45) is 1.44. The van der Waals surface area contributed by atoms with Crippen molar-refractivity contribution < 1.29 is 9.53 Å². The molecule has 0 aliphatic carbocycles. The van der Waals surface area contributed by atoms with Crippen LogP contribution in [0, 0.1) is 0 Å². The van der Waals surface area contributed by atoms with Gasteiger partial charge >= 0.3 is 0 Å². The number of aromatic nitrogens is 2. The van der Waals surface area contributed by atoms with Crippen LogP contribution in [0.1, 0.15) is 6.92 Å². The minimum atomic E-state index is -0.0580. The van der Waals surface area contributed by atoms with Crippen LogP contribution in [0.2, 0.25) is 0 Å². The second-order valence-corrected chi connectivity index (χ2v) is 3.26. The van der Waals surface area contributed by atoms with E-state index in [0.29, 0.717) is 30.5 Å². The van der Waals surface area contributed by atoms with Crippen LogP contribution in [0.5, 0.6) is 5.75 Å².